The molecule has 2 unspecified atom stereocenters. The van der Waals surface area contributed by atoms with Gasteiger partial charge in [0.2, 0.25) is 0 Å². The molecule has 0 aromatic heterocycles. The lowest BCUT2D eigenvalue weighted by Gasteiger charge is -2.58. The number of carbonyl (C=O) groups is 2. The van der Waals surface area contributed by atoms with Crippen LogP contribution < -0.4 is 4.74 Å². The maximum atomic E-state index is 12.9. The van der Waals surface area contributed by atoms with Crippen LogP contribution in [0.4, 0.5) is 0 Å². The molecule has 4 saturated carbocycles. The van der Waals surface area contributed by atoms with Crippen molar-refractivity contribution >= 4 is 11.9 Å². The molecule has 6 nitrogen and oxygen atoms in total. The summed E-state index contributed by atoms with van der Waals surface area (Å²) < 4.78 is 10.9. The SMILES string of the molecule is CCOc1ccc(CN(C)C(=O)COC(=O)C23C[C@@H]4C[C@@H](CC(O)(C4)C2)C3)cc1. The highest BCUT2D eigenvalue weighted by atomic mass is 16.5. The largest absolute Gasteiger partial charge is 0.494 e. The van der Waals surface area contributed by atoms with Crippen LogP contribution in [-0.4, -0.2) is 47.7 Å². The van der Waals surface area contributed by atoms with Crippen LogP contribution in [-0.2, 0) is 20.9 Å². The van der Waals surface area contributed by atoms with E-state index in [9.17, 15) is 14.7 Å². The molecule has 0 saturated heterocycles. The molecule has 158 valence electrons. The lowest BCUT2D eigenvalue weighted by Crippen LogP contribution is -2.58. The second-order valence-electron chi connectivity index (χ2n) is 9.37. The minimum Gasteiger partial charge on any atom is -0.494 e. The quantitative estimate of drug-likeness (QED) is 0.711. The number of carbonyl (C=O) groups excluding carboxylic acids is 2. The number of hydrogen-bond acceptors (Lipinski definition) is 5. The first-order valence-electron chi connectivity index (χ1n) is 10.7. The first-order chi connectivity index (χ1) is 13.8. The zero-order valence-corrected chi connectivity index (χ0v) is 17.4. The summed E-state index contributed by atoms with van der Waals surface area (Å²) in [5, 5.41) is 10.8. The molecule has 4 bridgehead atoms. The zero-order valence-electron chi connectivity index (χ0n) is 17.4. The Bertz CT molecular complexity index is 760. The Morgan fingerprint density at radius 1 is 1.14 bits per heavy atom. The maximum absolute atomic E-state index is 12.9. The molecule has 4 aliphatic rings. The van der Waals surface area contributed by atoms with Gasteiger partial charge in [-0.2, -0.15) is 0 Å². The van der Waals surface area contributed by atoms with Gasteiger partial charge in [-0.15, -0.1) is 0 Å². The molecule has 4 atom stereocenters. The van der Waals surface area contributed by atoms with E-state index in [0.717, 1.165) is 43.4 Å². The van der Waals surface area contributed by atoms with Crippen LogP contribution in [0.1, 0.15) is 51.0 Å². The predicted molar refractivity (Wildman–Crippen MR) is 107 cm³/mol. The number of benzene rings is 1. The predicted octanol–water partition coefficient (Wildman–Crippen LogP) is 2.92. The fourth-order valence-corrected chi connectivity index (χ4v) is 6.06. The van der Waals surface area contributed by atoms with Gasteiger partial charge in [0, 0.05) is 13.6 Å². The van der Waals surface area contributed by atoms with E-state index in [1.165, 1.54) is 0 Å². The smallest absolute Gasteiger partial charge is 0.312 e. The number of likely N-dealkylation sites (N-methyl/N-ethyl adjacent to an activating group) is 1. The molecule has 1 aromatic rings. The summed E-state index contributed by atoms with van der Waals surface area (Å²) in [6, 6.07) is 7.62. The first kappa shape index (κ1) is 20.2. The van der Waals surface area contributed by atoms with Crippen molar-refractivity contribution in [3.8, 4) is 5.75 Å². The van der Waals surface area contributed by atoms with E-state index < -0.39 is 11.0 Å². The number of amides is 1. The highest BCUT2D eigenvalue weighted by molar-refractivity contribution is 5.83. The first-order valence-corrected chi connectivity index (χ1v) is 10.7. The third-order valence-electron chi connectivity index (χ3n) is 6.87. The molecule has 1 amide bonds. The van der Waals surface area contributed by atoms with E-state index in [0.29, 0.717) is 31.4 Å². The van der Waals surface area contributed by atoms with Crippen molar-refractivity contribution in [2.24, 2.45) is 17.3 Å². The van der Waals surface area contributed by atoms with Crippen LogP contribution in [0.5, 0.6) is 5.75 Å². The number of esters is 1. The maximum Gasteiger partial charge on any atom is 0.312 e. The van der Waals surface area contributed by atoms with Gasteiger partial charge in [-0.3, -0.25) is 9.59 Å². The van der Waals surface area contributed by atoms with E-state index in [1.807, 2.05) is 31.2 Å². The molecule has 0 spiro atoms. The van der Waals surface area contributed by atoms with Gasteiger partial charge in [0.1, 0.15) is 5.75 Å². The monoisotopic (exact) mass is 401 g/mol. The molecule has 5 rings (SSSR count). The number of ether oxygens (including phenoxy) is 2. The van der Waals surface area contributed by atoms with Crippen LogP contribution in [0.25, 0.3) is 0 Å². The van der Waals surface area contributed by atoms with Gasteiger partial charge < -0.3 is 19.5 Å². The van der Waals surface area contributed by atoms with Gasteiger partial charge in [0.05, 0.1) is 17.6 Å². The third-order valence-corrected chi connectivity index (χ3v) is 6.87. The van der Waals surface area contributed by atoms with Gasteiger partial charge in [-0.25, -0.2) is 0 Å². The van der Waals surface area contributed by atoms with Crippen molar-refractivity contribution in [2.45, 2.75) is 57.6 Å². The van der Waals surface area contributed by atoms with Crippen molar-refractivity contribution in [2.75, 3.05) is 20.3 Å². The van der Waals surface area contributed by atoms with Crippen molar-refractivity contribution in [1.82, 2.24) is 4.90 Å². The van der Waals surface area contributed by atoms with Crippen molar-refractivity contribution in [3.63, 3.8) is 0 Å². The van der Waals surface area contributed by atoms with E-state index in [-0.39, 0.29) is 18.5 Å². The van der Waals surface area contributed by atoms with Gasteiger partial charge in [-0.05, 0) is 75.0 Å². The molecule has 1 N–H and O–H groups in total. The minimum atomic E-state index is -0.711. The second-order valence-corrected chi connectivity index (χ2v) is 9.37. The number of hydrogen-bond donors (Lipinski definition) is 1. The van der Waals surface area contributed by atoms with Crippen LogP contribution >= 0.6 is 0 Å². The lowest BCUT2D eigenvalue weighted by atomic mass is 9.48. The number of rotatable bonds is 7. The molecule has 1 aromatic carbocycles. The summed E-state index contributed by atoms with van der Waals surface area (Å²) >= 11 is 0. The summed E-state index contributed by atoms with van der Waals surface area (Å²) in [5.74, 6) is 1.10. The van der Waals surface area contributed by atoms with E-state index in [4.69, 9.17) is 9.47 Å². The van der Waals surface area contributed by atoms with Crippen molar-refractivity contribution < 1.29 is 24.2 Å². The molecule has 4 fully saturated rings. The Morgan fingerprint density at radius 3 is 2.38 bits per heavy atom. The molecule has 0 aliphatic heterocycles. The normalized spacial score (nSPS) is 32.1. The third kappa shape index (κ3) is 4.13. The molecule has 4 aliphatic carbocycles. The van der Waals surface area contributed by atoms with Gasteiger partial charge >= 0.3 is 5.97 Å². The van der Waals surface area contributed by atoms with Crippen LogP contribution in [0.3, 0.4) is 0 Å². The van der Waals surface area contributed by atoms with E-state index in [2.05, 4.69) is 0 Å². The van der Waals surface area contributed by atoms with Crippen LogP contribution in [0.15, 0.2) is 24.3 Å². The Labute approximate surface area is 172 Å². The standard InChI is InChI=1S/C23H31NO5/c1-3-28-19-6-4-16(5-7-19)13-24(2)20(25)14-29-21(26)22-9-17-8-18(10-22)12-23(27,11-17)15-22/h4-7,17-18,27H,3,8-15H2,1-2H3/t17-,18+,22?,23?. The summed E-state index contributed by atoms with van der Waals surface area (Å²) in [6.45, 7) is 2.74. The number of nitrogens with zero attached hydrogens (tertiary/aromatic N) is 1. The summed E-state index contributed by atoms with van der Waals surface area (Å²) in [5.41, 5.74) is -0.316. The van der Waals surface area contributed by atoms with Crippen molar-refractivity contribution in [1.29, 1.82) is 0 Å². The van der Waals surface area contributed by atoms with Gasteiger partial charge in [0.15, 0.2) is 6.61 Å². The molecular formula is C23H31NO5. The second kappa shape index (κ2) is 7.63. The van der Waals surface area contributed by atoms with Gasteiger partial charge in [0.25, 0.3) is 5.91 Å². The lowest BCUT2D eigenvalue weighted by molar-refractivity contribution is -0.196. The summed E-state index contributed by atoms with van der Waals surface area (Å²) in [6.07, 6.45) is 4.80. The van der Waals surface area contributed by atoms with Crippen LogP contribution in [0.2, 0.25) is 0 Å². The Morgan fingerprint density at radius 2 is 1.79 bits per heavy atom. The average Bonchev–Trinajstić information content (AvgIpc) is 2.65. The highest BCUT2D eigenvalue weighted by Gasteiger charge is 2.60. The fraction of sp³-hybridized carbons (Fsp3) is 0.652. The molecule has 6 heteroatoms. The molecule has 0 radical (unpaired) electrons. The summed E-state index contributed by atoms with van der Waals surface area (Å²) in [7, 11) is 1.71. The average molecular weight is 402 g/mol. The van der Waals surface area contributed by atoms with Crippen LogP contribution in [0, 0.1) is 17.3 Å². The molecular weight excluding hydrogens is 370 g/mol. The number of aliphatic hydroxyl groups is 1. The summed E-state index contributed by atoms with van der Waals surface area (Å²) in [4.78, 5) is 27.0. The van der Waals surface area contributed by atoms with Crippen molar-refractivity contribution in [3.05, 3.63) is 29.8 Å². The highest BCUT2D eigenvalue weighted by Crippen LogP contribution is 2.61. The van der Waals surface area contributed by atoms with Gasteiger partial charge in [-0.1, -0.05) is 12.1 Å². The molecule has 0 heterocycles. The Balaban J connectivity index is 1.30. The van der Waals surface area contributed by atoms with E-state index >= 15 is 0 Å². The Hall–Kier alpha value is -2.08. The molecule has 29 heavy (non-hydrogen) atoms. The topological polar surface area (TPSA) is 76.1 Å². The fourth-order valence-electron chi connectivity index (χ4n) is 6.06. The van der Waals surface area contributed by atoms with E-state index in [1.54, 1.807) is 11.9 Å². The minimum absolute atomic E-state index is 0.226. The zero-order chi connectivity index (χ0) is 20.6. The Kier molecular flexibility index (Phi) is 5.32.